The minimum atomic E-state index is -0.584. The summed E-state index contributed by atoms with van der Waals surface area (Å²) in [4.78, 5) is 11.9. The summed E-state index contributed by atoms with van der Waals surface area (Å²) >= 11 is 0. The van der Waals surface area contributed by atoms with Crippen molar-refractivity contribution in [1.82, 2.24) is 5.32 Å². The molecule has 0 radical (unpaired) electrons. The normalized spacial score (nSPS) is 18.1. The third kappa shape index (κ3) is 6.36. The van der Waals surface area contributed by atoms with Crippen molar-refractivity contribution in [3.63, 3.8) is 0 Å². The maximum atomic E-state index is 11.9. The van der Waals surface area contributed by atoms with Gasteiger partial charge in [0.25, 0.3) is 0 Å². The molecule has 1 aliphatic carbocycles. The molecule has 1 saturated carbocycles. The van der Waals surface area contributed by atoms with Crippen molar-refractivity contribution in [1.29, 1.82) is 0 Å². The summed E-state index contributed by atoms with van der Waals surface area (Å²) < 4.78 is 15.5. The van der Waals surface area contributed by atoms with Crippen molar-refractivity contribution in [2.45, 2.75) is 51.1 Å². The Bertz CT molecular complexity index is 268. The molecule has 1 rings (SSSR count). The number of carbonyl (C=O) groups is 1. The number of hydrogen-bond acceptors (Lipinski definition) is 5. The van der Waals surface area contributed by atoms with Gasteiger partial charge < -0.3 is 14.2 Å². The zero-order chi connectivity index (χ0) is 14.1. The second-order valence-corrected chi connectivity index (χ2v) is 5.16. The molecule has 0 aliphatic heterocycles. The average molecular weight is 273 g/mol. The van der Waals surface area contributed by atoms with Crippen LogP contribution in [0, 0.1) is 0 Å². The van der Waals surface area contributed by atoms with Crippen LogP contribution in [0.3, 0.4) is 0 Å². The first-order chi connectivity index (χ1) is 9.12. The summed E-state index contributed by atoms with van der Waals surface area (Å²) in [5.41, 5.74) is -0.584. The first kappa shape index (κ1) is 16.4. The average Bonchev–Trinajstić information content (AvgIpc) is 3.20. The number of methoxy groups -OCH3 is 1. The van der Waals surface area contributed by atoms with Gasteiger partial charge in [-0.1, -0.05) is 0 Å². The highest BCUT2D eigenvalue weighted by Gasteiger charge is 2.38. The Morgan fingerprint density at radius 2 is 1.95 bits per heavy atom. The molecule has 1 unspecified atom stereocenters. The molecule has 0 aromatic rings. The first-order valence-electron chi connectivity index (χ1n) is 7.14. The van der Waals surface area contributed by atoms with Gasteiger partial charge in [-0.2, -0.15) is 0 Å². The molecule has 1 N–H and O–H groups in total. The van der Waals surface area contributed by atoms with E-state index in [1.165, 1.54) is 7.11 Å². The molecule has 112 valence electrons. The van der Waals surface area contributed by atoms with Crippen LogP contribution in [0.25, 0.3) is 0 Å². The lowest BCUT2D eigenvalue weighted by atomic mass is 9.96. The zero-order valence-corrected chi connectivity index (χ0v) is 12.4. The highest BCUT2D eigenvalue weighted by Crippen LogP contribution is 2.25. The fraction of sp³-hybridized carbons (Fsp3) is 0.929. The standard InChI is InChI=1S/C14H27NO4/c1-4-18-10-11-19-9-5-8-14(2,13(16)17-3)15-12-6-7-12/h12,15H,4-11H2,1-3H3. The minimum Gasteiger partial charge on any atom is -0.468 e. The van der Waals surface area contributed by atoms with Crippen molar-refractivity contribution in [3.05, 3.63) is 0 Å². The predicted octanol–water partition coefficient (Wildman–Crippen LogP) is 1.50. The monoisotopic (exact) mass is 273 g/mol. The SMILES string of the molecule is CCOCCOCCCC(C)(NC1CC1)C(=O)OC. The summed E-state index contributed by atoms with van der Waals surface area (Å²) in [5.74, 6) is -0.186. The Labute approximate surface area is 116 Å². The molecule has 0 aromatic heterocycles. The Kier molecular flexibility index (Phi) is 7.34. The largest absolute Gasteiger partial charge is 0.468 e. The van der Waals surface area contributed by atoms with E-state index >= 15 is 0 Å². The van der Waals surface area contributed by atoms with Crippen LogP contribution in [0.1, 0.15) is 39.5 Å². The van der Waals surface area contributed by atoms with E-state index in [2.05, 4.69) is 5.32 Å². The first-order valence-corrected chi connectivity index (χ1v) is 7.14. The van der Waals surface area contributed by atoms with Crippen LogP contribution < -0.4 is 5.32 Å². The number of rotatable bonds is 11. The molecule has 5 heteroatoms. The van der Waals surface area contributed by atoms with Crippen molar-refractivity contribution >= 4 is 5.97 Å². The smallest absolute Gasteiger partial charge is 0.325 e. The summed E-state index contributed by atoms with van der Waals surface area (Å²) in [6.45, 7) is 6.48. The van der Waals surface area contributed by atoms with Gasteiger partial charge in [0, 0.05) is 19.3 Å². The highest BCUT2D eigenvalue weighted by atomic mass is 16.5. The number of nitrogens with one attached hydrogen (secondary N) is 1. The lowest BCUT2D eigenvalue weighted by molar-refractivity contribution is -0.148. The van der Waals surface area contributed by atoms with E-state index in [-0.39, 0.29) is 5.97 Å². The highest BCUT2D eigenvalue weighted by molar-refractivity contribution is 5.80. The molecule has 0 bridgehead atoms. The van der Waals surface area contributed by atoms with Gasteiger partial charge in [0.1, 0.15) is 5.54 Å². The predicted molar refractivity (Wildman–Crippen MR) is 73.1 cm³/mol. The molecule has 1 aliphatic rings. The van der Waals surface area contributed by atoms with Gasteiger partial charge in [0.15, 0.2) is 0 Å². The number of hydrogen-bond donors (Lipinski definition) is 1. The lowest BCUT2D eigenvalue weighted by Crippen LogP contribution is -2.51. The molecule has 0 spiro atoms. The maximum Gasteiger partial charge on any atom is 0.325 e. The van der Waals surface area contributed by atoms with Gasteiger partial charge >= 0.3 is 5.97 Å². The fourth-order valence-electron chi connectivity index (χ4n) is 2.03. The molecular formula is C14H27NO4. The quantitative estimate of drug-likeness (QED) is 0.457. The molecule has 0 heterocycles. The summed E-state index contributed by atoms with van der Waals surface area (Å²) in [6, 6.07) is 0.475. The van der Waals surface area contributed by atoms with Gasteiger partial charge in [-0.05, 0) is 39.5 Å². The Balaban J connectivity index is 2.19. The molecule has 0 saturated heterocycles. The molecule has 1 fully saturated rings. The minimum absolute atomic E-state index is 0.186. The van der Waals surface area contributed by atoms with Gasteiger partial charge in [0.2, 0.25) is 0 Å². The Morgan fingerprint density at radius 1 is 1.26 bits per heavy atom. The molecule has 0 amide bonds. The van der Waals surface area contributed by atoms with Crippen LogP contribution >= 0.6 is 0 Å². The van der Waals surface area contributed by atoms with E-state index in [0.29, 0.717) is 25.9 Å². The molecule has 0 aromatic carbocycles. The van der Waals surface area contributed by atoms with Crippen LogP contribution in [-0.4, -0.2) is 51.1 Å². The van der Waals surface area contributed by atoms with E-state index in [1.807, 2.05) is 13.8 Å². The van der Waals surface area contributed by atoms with E-state index in [1.54, 1.807) is 0 Å². The van der Waals surface area contributed by atoms with Crippen molar-refractivity contribution < 1.29 is 19.0 Å². The van der Waals surface area contributed by atoms with E-state index in [4.69, 9.17) is 14.2 Å². The van der Waals surface area contributed by atoms with Gasteiger partial charge in [-0.3, -0.25) is 10.1 Å². The third-order valence-electron chi connectivity index (χ3n) is 3.28. The number of ether oxygens (including phenoxy) is 3. The van der Waals surface area contributed by atoms with Crippen molar-refractivity contribution in [3.8, 4) is 0 Å². The topological polar surface area (TPSA) is 56.8 Å². The molecule has 5 nitrogen and oxygen atoms in total. The van der Waals surface area contributed by atoms with E-state index in [9.17, 15) is 4.79 Å². The lowest BCUT2D eigenvalue weighted by Gasteiger charge is -2.28. The van der Waals surface area contributed by atoms with Gasteiger partial charge in [-0.15, -0.1) is 0 Å². The van der Waals surface area contributed by atoms with Crippen LogP contribution in [0.4, 0.5) is 0 Å². The third-order valence-corrected chi connectivity index (χ3v) is 3.28. The fourth-order valence-corrected chi connectivity index (χ4v) is 2.03. The Morgan fingerprint density at radius 3 is 2.53 bits per heavy atom. The van der Waals surface area contributed by atoms with Crippen LogP contribution in [0.2, 0.25) is 0 Å². The van der Waals surface area contributed by atoms with Crippen LogP contribution in [0.5, 0.6) is 0 Å². The number of carbonyl (C=O) groups excluding carboxylic acids is 1. The van der Waals surface area contributed by atoms with Gasteiger partial charge in [-0.25, -0.2) is 0 Å². The molecule has 19 heavy (non-hydrogen) atoms. The summed E-state index contributed by atoms with van der Waals surface area (Å²) in [5, 5.41) is 3.37. The Hall–Kier alpha value is -0.650. The van der Waals surface area contributed by atoms with Gasteiger partial charge in [0.05, 0.1) is 20.3 Å². The molecule has 1 atom stereocenters. The zero-order valence-electron chi connectivity index (χ0n) is 12.4. The second-order valence-electron chi connectivity index (χ2n) is 5.16. The van der Waals surface area contributed by atoms with E-state index < -0.39 is 5.54 Å². The maximum absolute atomic E-state index is 11.9. The van der Waals surface area contributed by atoms with Crippen LogP contribution in [0.15, 0.2) is 0 Å². The van der Waals surface area contributed by atoms with Crippen molar-refractivity contribution in [2.24, 2.45) is 0 Å². The molecular weight excluding hydrogens is 246 g/mol. The van der Waals surface area contributed by atoms with E-state index in [0.717, 1.165) is 32.3 Å². The van der Waals surface area contributed by atoms with Crippen LogP contribution in [-0.2, 0) is 19.0 Å². The summed E-state index contributed by atoms with van der Waals surface area (Å²) in [6.07, 6.45) is 3.86. The summed E-state index contributed by atoms with van der Waals surface area (Å²) in [7, 11) is 1.44. The number of esters is 1. The second kappa shape index (κ2) is 8.51. The van der Waals surface area contributed by atoms with Crippen molar-refractivity contribution in [2.75, 3.05) is 33.5 Å².